The monoisotopic (exact) mass is 474 g/mol. The Morgan fingerprint density at radius 3 is 2.36 bits per heavy atom. The summed E-state index contributed by atoms with van der Waals surface area (Å²) in [5.41, 5.74) is 1.51. The van der Waals surface area contributed by atoms with E-state index < -0.39 is 10.0 Å². The minimum absolute atomic E-state index is 0.0553. The molecule has 0 aliphatic carbocycles. The van der Waals surface area contributed by atoms with Crippen molar-refractivity contribution in [3.63, 3.8) is 0 Å². The summed E-state index contributed by atoms with van der Waals surface area (Å²) in [6, 6.07) is 11.0. The van der Waals surface area contributed by atoms with E-state index >= 15 is 0 Å². The number of anilines is 2. The Kier molecular flexibility index (Phi) is 7.72. The number of hydrogen-bond acceptors (Lipinski definition) is 6. The van der Waals surface area contributed by atoms with Crippen molar-refractivity contribution in [3.8, 4) is 5.75 Å². The molecule has 2 aromatic carbocycles. The van der Waals surface area contributed by atoms with Crippen LogP contribution in [0, 0.1) is 0 Å². The average Bonchev–Trinajstić information content (AvgIpc) is 2.79. The van der Waals surface area contributed by atoms with Crippen LogP contribution in [0.25, 0.3) is 0 Å². The largest absolute Gasteiger partial charge is 0.481 e. The molecule has 0 saturated heterocycles. The van der Waals surface area contributed by atoms with E-state index in [0.29, 0.717) is 48.9 Å². The number of rotatable bonds is 9. The normalized spacial score (nSPS) is 13.8. The summed E-state index contributed by atoms with van der Waals surface area (Å²) >= 11 is 0. The fourth-order valence-electron chi connectivity index (χ4n) is 3.52. The van der Waals surface area contributed by atoms with Gasteiger partial charge in [-0.15, -0.1) is 0 Å². The molecule has 0 saturated carbocycles. The lowest BCUT2D eigenvalue weighted by molar-refractivity contribution is -0.121. The van der Waals surface area contributed by atoms with Crippen LogP contribution in [0.15, 0.2) is 47.4 Å². The van der Waals surface area contributed by atoms with Crippen molar-refractivity contribution in [2.45, 2.75) is 18.7 Å². The van der Waals surface area contributed by atoms with Gasteiger partial charge in [0.15, 0.2) is 6.61 Å². The van der Waals surface area contributed by atoms with Crippen LogP contribution in [-0.2, 0) is 14.8 Å². The minimum Gasteiger partial charge on any atom is -0.481 e. The zero-order valence-corrected chi connectivity index (χ0v) is 20.2. The lowest BCUT2D eigenvalue weighted by atomic mass is 10.2. The molecule has 33 heavy (non-hydrogen) atoms. The first kappa shape index (κ1) is 24.7. The number of ether oxygens (including phenoxy) is 1. The number of sulfonamides is 1. The van der Waals surface area contributed by atoms with Crippen molar-refractivity contribution in [1.82, 2.24) is 9.21 Å². The Bertz CT molecular complexity index is 1110. The van der Waals surface area contributed by atoms with Gasteiger partial charge >= 0.3 is 0 Å². The summed E-state index contributed by atoms with van der Waals surface area (Å²) in [5, 5.41) is 2.80. The smallest absolute Gasteiger partial charge is 0.265 e. The lowest BCUT2D eigenvalue weighted by Crippen LogP contribution is -2.42. The van der Waals surface area contributed by atoms with Gasteiger partial charge in [-0.05, 0) is 50.5 Å². The first-order valence-electron chi connectivity index (χ1n) is 10.8. The molecule has 0 aromatic heterocycles. The second-order valence-corrected chi connectivity index (χ2v) is 9.83. The highest BCUT2D eigenvalue weighted by molar-refractivity contribution is 7.89. The molecule has 1 heterocycles. The summed E-state index contributed by atoms with van der Waals surface area (Å²) in [4.78, 5) is 28.8. The number of fused-ring (bicyclic) bond motifs is 1. The molecule has 1 aliphatic rings. The van der Waals surface area contributed by atoms with E-state index in [0.717, 1.165) is 0 Å². The van der Waals surface area contributed by atoms with E-state index in [2.05, 4.69) is 5.32 Å². The molecule has 10 heteroatoms. The molecule has 1 N–H and O–H groups in total. The van der Waals surface area contributed by atoms with Crippen molar-refractivity contribution >= 4 is 33.2 Å². The molecule has 2 aromatic rings. The fraction of sp³-hybridized carbons (Fsp3) is 0.391. The first-order valence-corrected chi connectivity index (χ1v) is 12.2. The van der Waals surface area contributed by atoms with Crippen molar-refractivity contribution in [3.05, 3.63) is 48.0 Å². The highest BCUT2D eigenvalue weighted by Gasteiger charge is 2.26. The predicted octanol–water partition coefficient (Wildman–Crippen LogP) is 2.26. The molecular formula is C23H30N4O5S. The summed E-state index contributed by atoms with van der Waals surface area (Å²) in [5.74, 6) is 0.0331. The Hall–Kier alpha value is -2.95. The zero-order chi connectivity index (χ0) is 24.2. The Labute approximate surface area is 195 Å². The van der Waals surface area contributed by atoms with Crippen LogP contribution < -0.4 is 15.0 Å². The number of hydrogen-bond donors (Lipinski definition) is 1. The molecular weight excluding hydrogens is 444 g/mol. The molecule has 2 amide bonds. The number of carbonyl (C=O) groups excluding carboxylic acids is 2. The Morgan fingerprint density at radius 2 is 1.76 bits per heavy atom. The zero-order valence-electron chi connectivity index (χ0n) is 19.4. The first-order chi connectivity index (χ1) is 15.7. The van der Waals surface area contributed by atoms with Crippen LogP contribution >= 0.6 is 0 Å². The van der Waals surface area contributed by atoms with Gasteiger partial charge in [0.1, 0.15) is 5.75 Å². The Morgan fingerprint density at radius 1 is 1.09 bits per heavy atom. The second-order valence-electron chi connectivity index (χ2n) is 7.89. The number of amides is 2. The Balaban J connectivity index is 1.74. The molecule has 3 rings (SSSR count). The molecule has 0 bridgehead atoms. The predicted molar refractivity (Wildman–Crippen MR) is 127 cm³/mol. The van der Waals surface area contributed by atoms with E-state index in [4.69, 9.17) is 4.74 Å². The molecule has 0 fully saturated rings. The number of carbonyl (C=O) groups is 2. The van der Waals surface area contributed by atoms with Gasteiger partial charge in [0.25, 0.3) is 11.8 Å². The van der Waals surface area contributed by atoms with Gasteiger partial charge in [0.2, 0.25) is 10.0 Å². The van der Waals surface area contributed by atoms with Crippen LogP contribution in [0.4, 0.5) is 11.4 Å². The summed E-state index contributed by atoms with van der Waals surface area (Å²) < 4.78 is 32.2. The van der Waals surface area contributed by atoms with Gasteiger partial charge in [0.05, 0.1) is 10.6 Å². The van der Waals surface area contributed by atoms with Crippen molar-refractivity contribution < 1.29 is 22.7 Å². The van der Waals surface area contributed by atoms with Gasteiger partial charge in [-0.3, -0.25) is 9.59 Å². The third-order valence-corrected chi connectivity index (χ3v) is 7.46. The van der Waals surface area contributed by atoms with Crippen LogP contribution in [0.5, 0.6) is 5.75 Å². The number of likely N-dealkylation sites (N-methyl/N-ethyl adjacent to an activating group) is 1. The number of benzene rings is 2. The maximum atomic E-state index is 12.7. The van der Waals surface area contributed by atoms with E-state index in [9.17, 15) is 18.0 Å². The highest BCUT2D eigenvalue weighted by Crippen LogP contribution is 2.34. The summed E-state index contributed by atoms with van der Waals surface area (Å²) in [6.45, 7) is 5.50. The van der Waals surface area contributed by atoms with Crippen molar-refractivity contribution in [2.24, 2.45) is 0 Å². The lowest BCUT2D eigenvalue weighted by Gasteiger charge is -2.30. The third kappa shape index (κ3) is 5.52. The van der Waals surface area contributed by atoms with Gasteiger partial charge in [-0.25, -0.2) is 8.42 Å². The van der Waals surface area contributed by atoms with Crippen LogP contribution in [0.3, 0.4) is 0 Å². The van der Waals surface area contributed by atoms with Crippen LogP contribution in [0.1, 0.15) is 24.2 Å². The molecule has 0 unspecified atom stereocenters. The summed E-state index contributed by atoms with van der Waals surface area (Å²) in [7, 11) is 0.298. The van der Waals surface area contributed by atoms with Gasteiger partial charge in [-0.1, -0.05) is 13.8 Å². The van der Waals surface area contributed by atoms with Gasteiger partial charge in [-0.2, -0.15) is 4.31 Å². The maximum Gasteiger partial charge on any atom is 0.265 e. The van der Waals surface area contributed by atoms with Gasteiger partial charge < -0.3 is 19.9 Å². The molecule has 0 radical (unpaired) electrons. The maximum absolute atomic E-state index is 12.7. The van der Waals surface area contributed by atoms with Crippen LogP contribution in [-0.4, -0.2) is 76.3 Å². The van der Waals surface area contributed by atoms with Gasteiger partial charge in [0, 0.05) is 43.5 Å². The molecule has 1 aliphatic heterocycles. The van der Waals surface area contributed by atoms with Crippen LogP contribution in [0.2, 0.25) is 0 Å². The molecule has 0 spiro atoms. The van der Waals surface area contributed by atoms with E-state index in [1.165, 1.54) is 28.6 Å². The highest BCUT2D eigenvalue weighted by atomic mass is 32.2. The molecule has 178 valence electrons. The quantitative estimate of drug-likeness (QED) is 0.599. The second kappa shape index (κ2) is 10.3. The van der Waals surface area contributed by atoms with E-state index in [1.807, 2.05) is 19.0 Å². The number of nitrogens with zero attached hydrogens (tertiary/aromatic N) is 3. The SMILES string of the molecule is CCN(CC)S(=O)(=O)c1ccc(C(=O)Nc2ccc3c(c2)OCC(=O)N3CCN(C)C)cc1. The van der Waals surface area contributed by atoms with Crippen molar-refractivity contribution in [1.29, 1.82) is 0 Å². The molecule has 9 nitrogen and oxygen atoms in total. The van der Waals surface area contributed by atoms with E-state index in [1.54, 1.807) is 36.9 Å². The minimum atomic E-state index is -3.58. The summed E-state index contributed by atoms with van der Waals surface area (Å²) in [6.07, 6.45) is 0. The average molecular weight is 475 g/mol. The van der Waals surface area contributed by atoms with E-state index in [-0.39, 0.29) is 23.3 Å². The fourth-order valence-corrected chi connectivity index (χ4v) is 4.98. The topological polar surface area (TPSA) is 99.3 Å². The standard InChI is InChI=1S/C23H30N4O5S/c1-5-26(6-2)33(30,31)19-10-7-17(8-11-19)23(29)24-18-9-12-20-21(15-18)32-16-22(28)27(20)14-13-25(3)4/h7-12,15H,5-6,13-14,16H2,1-4H3,(H,24,29). The number of nitrogens with one attached hydrogen (secondary N) is 1. The van der Waals surface area contributed by atoms with Crippen molar-refractivity contribution in [2.75, 3.05) is 57.1 Å². The third-order valence-electron chi connectivity index (χ3n) is 5.39. The molecule has 0 atom stereocenters.